The number of nitrogens with two attached hydrogens (primary N) is 7. The normalized spacial score (nSPS) is 13.6. The van der Waals surface area contributed by atoms with Crippen molar-refractivity contribution < 1.29 is 39.0 Å². The summed E-state index contributed by atoms with van der Waals surface area (Å²) < 4.78 is 0. The molecule has 272 valence electrons. The molecule has 0 spiro atoms. The molecule has 0 radical (unpaired) electrons. The summed E-state index contributed by atoms with van der Waals surface area (Å²) in [6, 6.07) is -6.88. The van der Waals surface area contributed by atoms with Crippen LogP contribution in [0.2, 0.25) is 0 Å². The fourth-order valence-electron chi connectivity index (χ4n) is 3.86. The number of carbonyl (C=O) groups is 6. The summed E-state index contributed by atoms with van der Waals surface area (Å²) >= 11 is 4.08. The average molecular weight is 705 g/mol. The second-order valence-corrected chi connectivity index (χ2v) is 10.7. The Hall–Kier alpha value is -5.06. The van der Waals surface area contributed by atoms with Gasteiger partial charge in [0.1, 0.15) is 24.2 Å². The van der Waals surface area contributed by atoms with Gasteiger partial charge in [-0.05, 0) is 38.5 Å². The van der Waals surface area contributed by atoms with Gasteiger partial charge < -0.3 is 71.6 Å². The first kappa shape index (κ1) is 42.9. The first-order chi connectivity index (χ1) is 22.5. The van der Waals surface area contributed by atoms with E-state index >= 15 is 0 Å². The number of carboxylic acids is 2. The van der Waals surface area contributed by atoms with Crippen molar-refractivity contribution in [2.45, 2.75) is 75.2 Å². The van der Waals surface area contributed by atoms with E-state index in [1.807, 2.05) is 0 Å². The molecule has 0 aromatic rings. The van der Waals surface area contributed by atoms with Crippen molar-refractivity contribution >= 4 is 66.1 Å². The zero-order valence-corrected chi connectivity index (χ0v) is 27.2. The molecule has 0 saturated carbocycles. The Bertz CT molecular complexity index is 1190. The molecular formula is C25H48N14O8S. The Balaban J connectivity index is 5.72. The molecule has 23 heteroatoms. The molecule has 22 nitrogen and oxygen atoms in total. The Morgan fingerprint density at radius 1 is 0.562 bits per heavy atom. The minimum absolute atomic E-state index is 0.0432. The maximum absolute atomic E-state index is 13.2. The molecule has 0 fully saturated rings. The van der Waals surface area contributed by atoms with Gasteiger partial charge in [-0.25, -0.2) is 4.79 Å². The topological polar surface area (TPSA) is 410 Å². The van der Waals surface area contributed by atoms with Crippen molar-refractivity contribution in [3.63, 3.8) is 0 Å². The molecule has 0 heterocycles. The van der Waals surface area contributed by atoms with E-state index in [9.17, 15) is 39.0 Å². The van der Waals surface area contributed by atoms with Crippen LogP contribution in [0.25, 0.3) is 0 Å². The quantitative estimate of drug-likeness (QED) is 0.0192. The highest BCUT2D eigenvalue weighted by atomic mass is 32.1. The molecule has 0 aliphatic carbocycles. The first-order valence-corrected chi connectivity index (χ1v) is 15.3. The van der Waals surface area contributed by atoms with Crippen molar-refractivity contribution in [2.24, 2.45) is 55.1 Å². The Labute approximate surface area is 281 Å². The van der Waals surface area contributed by atoms with Crippen LogP contribution in [0.4, 0.5) is 0 Å². The first-order valence-electron chi connectivity index (χ1n) is 14.7. The monoisotopic (exact) mass is 704 g/mol. The predicted octanol–water partition coefficient (Wildman–Crippen LogP) is -6.10. The van der Waals surface area contributed by atoms with E-state index in [0.717, 1.165) is 0 Å². The number of carboxylic acid groups (broad SMARTS) is 2. The van der Waals surface area contributed by atoms with Crippen LogP contribution in [-0.4, -0.2) is 119 Å². The number of rotatable bonds is 24. The highest BCUT2D eigenvalue weighted by molar-refractivity contribution is 7.80. The van der Waals surface area contributed by atoms with Crippen LogP contribution in [0.1, 0.15) is 44.9 Å². The van der Waals surface area contributed by atoms with Gasteiger partial charge in [-0.15, -0.1) is 0 Å². The van der Waals surface area contributed by atoms with Gasteiger partial charge in [-0.1, -0.05) is 0 Å². The second-order valence-electron chi connectivity index (χ2n) is 10.3. The molecule has 0 aromatic carbocycles. The summed E-state index contributed by atoms with van der Waals surface area (Å²) in [4.78, 5) is 86.5. The third-order valence-corrected chi connectivity index (χ3v) is 6.63. The van der Waals surface area contributed by atoms with Crippen LogP contribution >= 0.6 is 12.6 Å². The van der Waals surface area contributed by atoms with Gasteiger partial charge in [-0.2, -0.15) is 12.6 Å². The van der Waals surface area contributed by atoms with Crippen molar-refractivity contribution in [3.8, 4) is 0 Å². The summed E-state index contributed by atoms with van der Waals surface area (Å²) in [7, 11) is 0. The molecule has 4 amide bonds. The number of aliphatic imine (C=N–C) groups is 3. The maximum Gasteiger partial charge on any atom is 0.326 e. The van der Waals surface area contributed by atoms with Gasteiger partial charge in [0.05, 0.1) is 12.5 Å². The maximum atomic E-state index is 13.2. The van der Waals surface area contributed by atoms with Crippen LogP contribution in [0, 0.1) is 0 Å². The van der Waals surface area contributed by atoms with Gasteiger partial charge in [-0.3, -0.25) is 38.9 Å². The third-order valence-electron chi connectivity index (χ3n) is 6.27. The lowest BCUT2D eigenvalue weighted by Crippen LogP contribution is -2.59. The van der Waals surface area contributed by atoms with E-state index in [0.29, 0.717) is 6.42 Å². The second kappa shape index (κ2) is 23.3. The van der Waals surface area contributed by atoms with E-state index in [1.54, 1.807) is 0 Å². The molecule has 0 aliphatic rings. The number of guanidine groups is 3. The zero-order chi connectivity index (χ0) is 36.8. The largest absolute Gasteiger partial charge is 0.481 e. The van der Waals surface area contributed by atoms with E-state index in [1.165, 1.54) is 0 Å². The molecule has 48 heavy (non-hydrogen) atoms. The molecule has 0 unspecified atom stereocenters. The number of hydrogen-bond donors (Lipinski definition) is 14. The smallest absolute Gasteiger partial charge is 0.326 e. The summed E-state index contributed by atoms with van der Waals surface area (Å²) in [5.41, 5.74) is 37.5. The standard InChI is InChI=1S/C25H48N14O8S/c26-12(4-1-7-33-23(27)28)18(42)38-15(10-17(40)41)20(44)39-16(11-48)21(45)36-13(5-2-8-34-24(29)30)19(43)37-14(22(46)47)6-3-9-35-25(31)32/h12-16,48H,1-11,26H2,(H,36,45)(H,37,43)(H,38,42)(H,39,44)(H,40,41)(H,46,47)(H4,27,28,33)(H4,29,30,34)(H4,31,32,35)/t12-,13-,14-,15-,16-/m0/s1. The molecule has 0 aliphatic heterocycles. The summed E-state index contributed by atoms with van der Waals surface area (Å²) in [6.45, 7) is 0.367. The number of nitrogens with zero attached hydrogens (tertiary/aromatic N) is 3. The van der Waals surface area contributed by atoms with Crippen LogP contribution in [0.5, 0.6) is 0 Å². The number of hydrogen-bond acceptors (Lipinski definition) is 11. The van der Waals surface area contributed by atoms with Gasteiger partial charge in [0, 0.05) is 25.4 Å². The van der Waals surface area contributed by atoms with Gasteiger partial charge >= 0.3 is 11.9 Å². The van der Waals surface area contributed by atoms with Gasteiger partial charge in [0.2, 0.25) is 23.6 Å². The van der Waals surface area contributed by atoms with Crippen LogP contribution < -0.4 is 61.4 Å². The highest BCUT2D eigenvalue weighted by Crippen LogP contribution is 2.06. The van der Waals surface area contributed by atoms with Gasteiger partial charge in [0.25, 0.3) is 0 Å². The minimum atomic E-state index is -1.64. The van der Waals surface area contributed by atoms with Crippen molar-refractivity contribution in [1.82, 2.24) is 21.3 Å². The fourth-order valence-corrected chi connectivity index (χ4v) is 4.11. The lowest BCUT2D eigenvalue weighted by molar-refractivity contribution is -0.142. The third kappa shape index (κ3) is 19.5. The predicted molar refractivity (Wildman–Crippen MR) is 179 cm³/mol. The van der Waals surface area contributed by atoms with E-state index in [4.69, 9.17) is 40.1 Å². The van der Waals surface area contributed by atoms with E-state index in [2.05, 4.69) is 48.9 Å². The molecule has 0 bridgehead atoms. The van der Waals surface area contributed by atoms with Crippen LogP contribution in [0.15, 0.2) is 15.0 Å². The summed E-state index contributed by atoms with van der Waals surface area (Å²) in [5.74, 6) is -7.31. The lowest BCUT2D eigenvalue weighted by atomic mass is 10.1. The zero-order valence-electron chi connectivity index (χ0n) is 26.3. The average Bonchev–Trinajstić information content (AvgIpc) is 2.99. The van der Waals surface area contributed by atoms with Crippen molar-refractivity contribution in [3.05, 3.63) is 0 Å². The highest BCUT2D eigenvalue weighted by Gasteiger charge is 2.32. The number of thiol groups is 1. The van der Waals surface area contributed by atoms with Gasteiger partial charge in [0.15, 0.2) is 17.9 Å². The van der Waals surface area contributed by atoms with Crippen molar-refractivity contribution in [2.75, 3.05) is 25.4 Å². The minimum Gasteiger partial charge on any atom is -0.481 e. The lowest BCUT2D eigenvalue weighted by Gasteiger charge is -2.25. The molecule has 5 atom stereocenters. The van der Waals surface area contributed by atoms with Crippen molar-refractivity contribution in [1.29, 1.82) is 0 Å². The summed E-state index contributed by atoms with van der Waals surface area (Å²) in [6.07, 6.45) is -0.141. The van der Waals surface area contributed by atoms with Crippen LogP contribution in [-0.2, 0) is 28.8 Å². The SMILES string of the molecule is NC(N)=NCCC[C@H](NC(=O)[C@H](CCCN=C(N)N)NC(=O)[C@H](CS)NC(=O)[C@H](CC(=O)O)NC(=O)[C@@H](N)CCCN=C(N)N)C(=O)O. The molecule has 0 aromatic heterocycles. The Morgan fingerprint density at radius 3 is 1.38 bits per heavy atom. The summed E-state index contributed by atoms with van der Waals surface area (Å²) in [5, 5.41) is 28.3. The fraction of sp³-hybridized carbons (Fsp3) is 0.640. The van der Waals surface area contributed by atoms with Crippen LogP contribution in [0.3, 0.4) is 0 Å². The number of amides is 4. The molecule has 0 rings (SSSR count). The molecule has 20 N–H and O–H groups in total. The number of carbonyl (C=O) groups excluding carboxylic acids is 4. The molecule has 0 saturated heterocycles. The Kier molecular flexibility index (Phi) is 20.8. The number of nitrogens with one attached hydrogen (secondary N) is 4. The Morgan fingerprint density at radius 2 is 0.938 bits per heavy atom. The van der Waals surface area contributed by atoms with E-state index in [-0.39, 0.29) is 75.4 Å². The molecular weight excluding hydrogens is 656 g/mol. The van der Waals surface area contributed by atoms with E-state index < -0.39 is 72.2 Å². The number of aliphatic carboxylic acids is 2.